The average molecular weight is 294 g/mol. The van der Waals surface area contributed by atoms with E-state index >= 15 is 0 Å². The van der Waals surface area contributed by atoms with E-state index in [0.29, 0.717) is 6.61 Å². The van der Waals surface area contributed by atoms with Crippen molar-refractivity contribution in [3.05, 3.63) is 35.4 Å². The Morgan fingerprint density at radius 3 is 2.32 bits per heavy atom. The van der Waals surface area contributed by atoms with Crippen molar-refractivity contribution in [2.24, 2.45) is 0 Å². The zero-order chi connectivity index (χ0) is 13.5. The van der Waals surface area contributed by atoms with Gasteiger partial charge in [-0.3, -0.25) is 4.90 Å². The first-order chi connectivity index (χ1) is 8.34. The van der Waals surface area contributed by atoms with Gasteiger partial charge in [0, 0.05) is 17.7 Å². The topological polar surface area (TPSA) is 32.7 Å². The Morgan fingerprint density at radius 2 is 1.79 bits per heavy atom. The van der Waals surface area contributed by atoms with Crippen LogP contribution in [0.25, 0.3) is 0 Å². The van der Waals surface area contributed by atoms with Crippen LogP contribution in [-0.2, 0) is 10.5 Å². The molecule has 6 heteroatoms. The van der Waals surface area contributed by atoms with Crippen molar-refractivity contribution < 1.29 is 18.6 Å². The summed E-state index contributed by atoms with van der Waals surface area (Å²) in [7, 11) is 1.85. The number of aliphatic hydroxyl groups is 1. The van der Waals surface area contributed by atoms with Crippen LogP contribution in [0.4, 0.5) is 8.78 Å². The summed E-state index contributed by atoms with van der Waals surface area (Å²) in [6.45, 7) is 4.02. The van der Waals surface area contributed by atoms with Gasteiger partial charge in [-0.1, -0.05) is 0 Å². The fraction of sp³-hybridized carbons (Fsp3) is 0.538. The van der Waals surface area contributed by atoms with Crippen molar-refractivity contribution in [3.8, 4) is 0 Å². The van der Waals surface area contributed by atoms with Crippen LogP contribution < -0.4 is 0 Å². The van der Waals surface area contributed by atoms with Crippen LogP contribution in [0.5, 0.6) is 0 Å². The van der Waals surface area contributed by atoms with E-state index in [2.05, 4.69) is 0 Å². The van der Waals surface area contributed by atoms with Crippen molar-refractivity contribution in [2.75, 3.05) is 13.7 Å². The molecule has 3 atom stereocenters. The van der Waals surface area contributed by atoms with Crippen LogP contribution in [0.15, 0.2) is 18.2 Å². The third kappa shape index (κ3) is 2.89. The monoisotopic (exact) mass is 293 g/mol. The summed E-state index contributed by atoms with van der Waals surface area (Å²) in [5.41, 5.74) is 0.103. The highest BCUT2D eigenvalue weighted by atomic mass is 35.5. The van der Waals surface area contributed by atoms with Gasteiger partial charge >= 0.3 is 0 Å². The molecule has 0 unspecified atom stereocenters. The molecule has 1 aromatic rings. The third-order valence-corrected chi connectivity index (χ3v) is 3.69. The number of morpholine rings is 1. The minimum Gasteiger partial charge on any atom is -0.361 e. The number of halogens is 3. The number of hydrogen-bond acceptors (Lipinski definition) is 3. The quantitative estimate of drug-likeness (QED) is 0.862. The third-order valence-electron chi connectivity index (χ3n) is 3.69. The Bertz CT molecular complexity index is 440. The predicted molar refractivity (Wildman–Crippen MR) is 70.1 cm³/mol. The van der Waals surface area contributed by atoms with Crippen LogP contribution in [0.3, 0.4) is 0 Å². The van der Waals surface area contributed by atoms with Crippen LogP contribution in [0, 0.1) is 11.6 Å². The largest absolute Gasteiger partial charge is 0.361 e. The molecule has 0 spiro atoms. The van der Waals surface area contributed by atoms with Crippen LogP contribution >= 0.6 is 12.4 Å². The number of rotatable bonds is 1. The molecule has 0 radical (unpaired) electrons. The Hall–Kier alpha value is -0.750. The zero-order valence-corrected chi connectivity index (χ0v) is 11.9. The van der Waals surface area contributed by atoms with Crippen LogP contribution in [-0.4, -0.2) is 35.7 Å². The zero-order valence-electron chi connectivity index (χ0n) is 11.1. The molecule has 0 aromatic heterocycles. The van der Waals surface area contributed by atoms with E-state index < -0.39 is 23.5 Å². The Labute approximate surface area is 117 Å². The van der Waals surface area contributed by atoms with Crippen LogP contribution in [0.2, 0.25) is 0 Å². The summed E-state index contributed by atoms with van der Waals surface area (Å²) in [4.78, 5) is 1.92. The highest BCUT2D eigenvalue weighted by molar-refractivity contribution is 5.85. The lowest BCUT2D eigenvalue weighted by Gasteiger charge is -2.46. The summed E-state index contributed by atoms with van der Waals surface area (Å²) < 4.78 is 31.9. The molecule has 1 aromatic carbocycles. The molecule has 1 saturated heterocycles. The molecule has 19 heavy (non-hydrogen) atoms. The maximum atomic E-state index is 13.2. The molecule has 1 aliphatic heterocycles. The smallest absolute Gasteiger partial charge is 0.208 e. The van der Waals surface area contributed by atoms with E-state index in [9.17, 15) is 13.9 Å². The normalized spacial score (nSPS) is 31.9. The number of likely N-dealkylation sites (N-methyl/N-ethyl adjacent to an activating group) is 1. The first kappa shape index (κ1) is 16.3. The van der Waals surface area contributed by atoms with E-state index in [1.807, 2.05) is 18.9 Å². The number of nitrogens with zero attached hydrogens (tertiary/aromatic N) is 1. The summed E-state index contributed by atoms with van der Waals surface area (Å²) in [6, 6.07) is 2.71. The van der Waals surface area contributed by atoms with Crippen molar-refractivity contribution in [1.82, 2.24) is 4.90 Å². The number of hydrogen-bond donors (Lipinski definition) is 1. The second kappa shape index (κ2) is 5.71. The molecular weight excluding hydrogens is 276 g/mol. The van der Waals surface area contributed by atoms with E-state index in [1.54, 1.807) is 6.92 Å². The van der Waals surface area contributed by atoms with Crippen LogP contribution in [0.1, 0.15) is 19.4 Å². The molecule has 0 saturated carbocycles. The number of benzene rings is 1. The SMILES string of the molecule is C[C@@H]1CO[C@@](O)(c2cc(F)cc(F)c2)[C@H](C)N1C.Cl. The lowest BCUT2D eigenvalue weighted by atomic mass is 9.95. The second-order valence-electron chi connectivity index (χ2n) is 4.86. The van der Waals surface area contributed by atoms with Gasteiger partial charge in [0.2, 0.25) is 5.79 Å². The summed E-state index contributed by atoms with van der Waals surface area (Å²) in [5.74, 6) is -3.14. The molecule has 0 bridgehead atoms. The molecule has 108 valence electrons. The van der Waals surface area contributed by atoms with Crippen molar-refractivity contribution >= 4 is 12.4 Å². The molecule has 0 amide bonds. The van der Waals surface area contributed by atoms with Crippen molar-refractivity contribution in [1.29, 1.82) is 0 Å². The van der Waals surface area contributed by atoms with E-state index in [1.165, 1.54) is 0 Å². The lowest BCUT2D eigenvalue weighted by molar-refractivity contribution is -0.282. The maximum absolute atomic E-state index is 13.2. The minimum absolute atomic E-state index is 0. The Kier molecular flexibility index (Phi) is 4.90. The lowest BCUT2D eigenvalue weighted by Crippen LogP contribution is -2.58. The summed E-state index contributed by atoms with van der Waals surface area (Å²) in [5, 5.41) is 10.6. The molecule has 1 aliphatic rings. The van der Waals surface area contributed by atoms with E-state index in [0.717, 1.165) is 18.2 Å². The van der Waals surface area contributed by atoms with Crippen molar-refractivity contribution in [3.63, 3.8) is 0 Å². The van der Waals surface area contributed by atoms with Gasteiger partial charge in [-0.25, -0.2) is 8.78 Å². The molecule has 1 N–H and O–H groups in total. The molecular formula is C13H18ClF2NO2. The molecule has 0 aliphatic carbocycles. The molecule has 3 nitrogen and oxygen atoms in total. The van der Waals surface area contributed by atoms with Gasteiger partial charge in [0.1, 0.15) is 11.6 Å². The first-order valence-corrected chi connectivity index (χ1v) is 5.89. The van der Waals surface area contributed by atoms with Gasteiger partial charge in [0.15, 0.2) is 0 Å². The maximum Gasteiger partial charge on any atom is 0.208 e. The minimum atomic E-state index is -1.69. The van der Waals surface area contributed by atoms with Gasteiger partial charge in [-0.15, -0.1) is 12.4 Å². The highest BCUT2D eigenvalue weighted by Gasteiger charge is 2.44. The average Bonchev–Trinajstić information content (AvgIpc) is 2.30. The van der Waals surface area contributed by atoms with Gasteiger partial charge < -0.3 is 9.84 Å². The van der Waals surface area contributed by atoms with Gasteiger partial charge in [-0.05, 0) is 33.0 Å². The fourth-order valence-electron chi connectivity index (χ4n) is 2.23. The van der Waals surface area contributed by atoms with E-state index in [-0.39, 0.29) is 24.0 Å². The first-order valence-electron chi connectivity index (χ1n) is 5.89. The number of ether oxygens (including phenoxy) is 1. The second-order valence-corrected chi connectivity index (χ2v) is 4.86. The highest BCUT2D eigenvalue weighted by Crippen LogP contribution is 2.34. The van der Waals surface area contributed by atoms with Crippen molar-refractivity contribution in [2.45, 2.75) is 31.7 Å². The van der Waals surface area contributed by atoms with Gasteiger partial charge in [0.25, 0.3) is 0 Å². The van der Waals surface area contributed by atoms with E-state index in [4.69, 9.17) is 4.74 Å². The predicted octanol–water partition coefficient (Wildman–Crippen LogP) is 2.27. The van der Waals surface area contributed by atoms with Gasteiger partial charge in [-0.2, -0.15) is 0 Å². The summed E-state index contributed by atoms with van der Waals surface area (Å²) >= 11 is 0. The summed E-state index contributed by atoms with van der Waals surface area (Å²) in [6.07, 6.45) is 0. The Balaban J connectivity index is 0.00000180. The van der Waals surface area contributed by atoms with Gasteiger partial charge in [0.05, 0.1) is 12.6 Å². The standard InChI is InChI=1S/C13H17F2NO2.ClH/c1-8-7-18-13(17,9(2)16(8)3)10-4-11(14)6-12(15)5-10;/h4-6,8-9,17H,7H2,1-3H3;1H/t8-,9+,13-;/m1./s1. The molecule has 1 heterocycles. The fourth-order valence-corrected chi connectivity index (χ4v) is 2.23. The Morgan fingerprint density at radius 1 is 1.26 bits per heavy atom. The molecule has 2 rings (SSSR count). The molecule has 1 fully saturated rings.